The van der Waals surface area contributed by atoms with Crippen molar-refractivity contribution in [3.05, 3.63) is 72.8 Å². The second kappa shape index (κ2) is 5.88. The lowest BCUT2D eigenvalue weighted by Crippen LogP contribution is -1.95. The molecule has 1 aromatic carbocycles. The largest absolute Gasteiger partial charge is 0.489 e. The first-order valence-corrected chi connectivity index (χ1v) is 7.21. The second-order valence-corrected chi connectivity index (χ2v) is 5.04. The molecule has 0 atom stereocenters. The van der Waals surface area contributed by atoms with Crippen LogP contribution in [0.25, 0.3) is 22.6 Å². The normalized spacial score (nSPS) is 10.8. The van der Waals surface area contributed by atoms with Crippen LogP contribution >= 0.6 is 0 Å². The summed E-state index contributed by atoms with van der Waals surface area (Å²) in [6.45, 7) is 0.461. The molecule has 4 rings (SSSR count). The zero-order valence-electron chi connectivity index (χ0n) is 12.2. The molecule has 112 valence electrons. The summed E-state index contributed by atoms with van der Waals surface area (Å²) >= 11 is 0. The molecule has 0 radical (unpaired) electrons. The van der Waals surface area contributed by atoms with E-state index in [1.165, 1.54) is 0 Å². The smallest absolute Gasteiger partial charge is 0.228 e. The Kier molecular flexibility index (Phi) is 3.44. The molecule has 0 spiro atoms. The van der Waals surface area contributed by atoms with Gasteiger partial charge < -0.3 is 9.15 Å². The third-order valence-corrected chi connectivity index (χ3v) is 3.40. The molecular formula is C18H13N3O2. The highest BCUT2D eigenvalue weighted by atomic mass is 16.5. The van der Waals surface area contributed by atoms with E-state index in [0.717, 1.165) is 22.4 Å². The zero-order chi connectivity index (χ0) is 15.5. The highest BCUT2D eigenvalue weighted by Gasteiger charge is 2.09. The minimum Gasteiger partial charge on any atom is -0.489 e. The Hall–Kier alpha value is -3.21. The van der Waals surface area contributed by atoms with Crippen molar-refractivity contribution in [3.63, 3.8) is 0 Å². The van der Waals surface area contributed by atoms with Crippen LogP contribution in [0.15, 0.2) is 71.7 Å². The Morgan fingerprint density at radius 1 is 0.957 bits per heavy atom. The number of oxazole rings is 1. The van der Waals surface area contributed by atoms with E-state index in [-0.39, 0.29) is 0 Å². The SMILES string of the molecule is c1cncc(COc2ccc3nc(-c4cccnc4)oc3c2)c1. The van der Waals surface area contributed by atoms with Crippen LogP contribution in [0.5, 0.6) is 5.75 Å². The summed E-state index contributed by atoms with van der Waals surface area (Å²) in [5.74, 6) is 1.28. The van der Waals surface area contributed by atoms with E-state index in [1.807, 2.05) is 42.5 Å². The van der Waals surface area contributed by atoms with Crippen LogP contribution in [-0.4, -0.2) is 15.0 Å². The number of ether oxygens (including phenoxy) is 1. The van der Waals surface area contributed by atoms with Crippen molar-refractivity contribution in [2.45, 2.75) is 6.61 Å². The summed E-state index contributed by atoms with van der Waals surface area (Å²) in [7, 11) is 0. The maximum atomic E-state index is 5.80. The van der Waals surface area contributed by atoms with Gasteiger partial charge >= 0.3 is 0 Å². The van der Waals surface area contributed by atoms with Gasteiger partial charge in [-0.2, -0.15) is 0 Å². The number of fused-ring (bicyclic) bond motifs is 1. The summed E-state index contributed by atoms with van der Waals surface area (Å²) in [6.07, 6.45) is 6.97. The average molecular weight is 303 g/mol. The molecule has 0 aliphatic rings. The van der Waals surface area contributed by atoms with Gasteiger partial charge in [0.1, 0.15) is 17.9 Å². The van der Waals surface area contributed by atoms with Crippen molar-refractivity contribution in [1.29, 1.82) is 0 Å². The minimum absolute atomic E-state index is 0.461. The molecular weight excluding hydrogens is 290 g/mol. The highest BCUT2D eigenvalue weighted by molar-refractivity contribution is 5.77. The number of pyridine rings is 2. The first-order valence-electron chi connectivity index (χ1n) is 7.21. The fourth-order valence-electron chi connectivity index (χ4n) is 2.26. The van der Waals surface area contributed by atoms with Crippen LogP contribution in [0.1, 0.15) is 5.56 Å². The molecule has 0 aliphatic carbocycles. The van der Waals surface area contributed by atoms with Crippen molar-refractivity contribution in [2.75, 3.05) is 0 Å². The maximum absolute atomic E-state index is 5.80. The van der Waals surface area contributed by atoms with E-state index in [2.05, 4.69) is 15.0 Å². The Bertz CT molecular complexity index is 921. The van der Waals surface area contributed by atoms with Gasteiger partial charge in [-0.3, -0.25) is 9.97 Å². The average Bonchev–Trinajstić information content (AvgIpc) is 3.05. The van der Waals surface area contributed by atoms with E-state index in [4.69, 9.17) is 9.15 Å². The van der Waals surface area contributed by atoms with Crippen molar-refractivity contribution >= 4 is 11.1 Å². The molecule has 0 unspecified atom stereocenters. The van der Waals surface area contributed by atoms with Gasteiger partial charge in [-0.1, -0.05) is 6.07 Å². The molecule has 0 N–H and O–H groups in total. The number of hydrogen-bond acceptors (Lipinski definition) is 5. The van der Waals surface area contributed by atoms with Gasteiger partial charge in [0.25, 0.3) is 0 Å². The van der Waals surface area contributed by atoms with Crippen LogP contribution < -0.4 is 4.74 Å². The van der Waals surface area contributed by atoms with Crippen LogP contribution in [0.3, 0.4) is 0 Å². The molecule has 23 heavy (non-hydrogen) atoms. The topological polar surface area (TPSA) is 61.0 Å². The van der Waals surface area contributed by atoms with E-state index < -0.39 is 0 Å². The Labute approximate surface area is 132 Å². The summed E-state index contributed by atoms with van der Waals surface area (Å²) in [6, 6.07) is 13.2. The van der Waals surface area contributed by atoms with Crippen LogP contribution in [0.4, 0.5) is 0 Å². The summed E-state index contributed by atoms with van der Waals surface area (Å²) < 4.78 is 11.6. The second-order valence-electron chi connectivity index (χ2n) is 5.04. The quantitative estimate of drug-likeness (QED) is 0.573. The third kappa shape index (κ3) is 2.89. The number of nitrogens with zero attached hydrogens (tertiary/aromatic N) is 3. The van der Waals surface area contributed by atoms with Crippen molar-refractivity contribution in [1.82, 2.24) is 15.0 Å². The van der Waals surface area contributed by atoms with Gasteiger partial charge in [0.05, 0.1) is 5.56 Å². The number of rotatable bonds is 4. The Morgan fingerprint density at radius 2 is 1.83 bits per heavy atom. The molecule has 3 heterocycles. The summed E-state index contributed by atoms with van der Waals surface area (Å²) in [5.41, 5.74) is 3.34. The lowest BCUT2D eigenvalue weighted by molar-refractivity contribution is 0.306. The van der Waals surface area contributed by atoms with Gasteiger partial charge in [0.2, 0.25) is 5.89 Å². The molecule has 0 saturated heterocycles. The molecule has 4 aromatic rings. The molecule has 0 fully saturated rings. The lowest BCUT2D eigenvalue weighted by atomic mass is 10.3. The molecule has 5 nitrogen and oxygen atoms in total. The fourth-order valence-corrected chi connectivity index (χ4v) is 2.26. The van der Waals surface area contributed by atoms with E-state index in [9.17, 15) is 0 Å². The predicted molar refractivity (Wildman–Crippen MR) is 85.8 cm³/mol. The minimum atomic E-state index is 0.461. The van der Waals surface area contributed by atoms with Crippen molar-refractivity contribution in [3.8, 4) is 17.2 Å². The van der Waals surface area contributed by atoms with Gasteiger partial charge in [0, 0.05) is 36.4 Å². The van der Waals surface area contributed by atoms with Crippen molar-refractivity contribution < 1.29 is 9.15 Å². The van der Waals surface area contributed by atoms with Gasteiger partial charge in [0.15, 0.2) is 5.58 Å². The number of benzene rings is 1. The highest BCUT2D eigenvalue weighted by Crippen LogP contribution is 2.26. The number of hydrogen-bond donors (Lipinski definition) is 0. The molecule has 0 bridgehead atoms. The molecule has 0 aliphatic heterocycles. The maximum Gasteiger partial charge on any atom is 0.228 e. The monoisotopic (exact) mass is 303 g/mol. The number of aromatic nitrogens is 3. The van der Waals surface area contributed by atoms with Crippen LogP contribution in [0, 0.1) is 0 Å². The molecule has 3 aromatic heterocycles. The fraction of sp³-hybridized carbons (Fsp3) is 0.0556. The third-order valence-electron chi connectivity index (χ3n) is 3.40. The zero-order valence-corrected chi connectivity index (χ0v) is 12.2. The Balaban J connectivity index is 1.58. The van der Waals surface area contributed by atoms with Crippen molar-refractivity contribution in [2.24, 2.45) is 0 Å². The van der Waals surface area contributed by atoms with E-state index >= 15 is 0 Å². The first-order chi connectivity index (χ1) is 11.4. The molecule has 0 amide bonds. The summed E-state index contributed by atoms with van der Waals surface area (Å²) in [5, 5.41) is 0. The summed E-state index contributed by atoms with van der Waals surface area (Å²) in [4.78, 5) is 12.6. The van der Waals surface area contributed by atoms with Crippen LogP contribution in [0.2, 0.25) is 0 Å². The van der Waals surface area contributed by atoms with Gasteiger partial charge in [-0.05, 0) is 30.3 Å². The molecule has 0 saturated carbocycles. The van der Waals surface area contributed by atoms with Crippen LogP contribution in [-0.2, 0) is 6.61 Å². The first kappa shape index (κ1) is 13.5. The Morgan fingerprint density at radius 3 is 2.61 bits per heavy atom. The molecule has 5 heteroatoms. The van der Waals surface area contributed by atoms with E-state index in [1.54, 1.807) is 24.8 Å². The van der Waals surface area contributed by atoms with E-state index in [0.29, 0.717) is 18.1 Å². The standard InChI is InChI=1S/C18H13N3O2/c1-3-13(10-19-7-1)12-22-15-5-6-16-17(9-15)23-18(21-16)14-4-2-8-20-11-14/h1-11H,12H2. The lowest BCUT2D eigenvalue weighted by Gasteiger charge is -2.05. The van der Waals surface area contributed by atoms with Gasteiger partial charge in [-0.25, -0.2) is 4.98 Å². The predicted octanol–water partition coefficient (Wildman–Crippen LogP) is 3.86. The van der Waals surface area contributed by atoms with Gasteiger partial charge in [-0.15, -0.1) is 0 Å².